The van der Waals surface area contributed by atoms with Crippen LogP contribution in [0.25, 0.3) is 0 Å². The summed E-state index contributed by atoms with van der Waals surface area (Å²) in [5.74, 6) is 0.405. The van der Waals surface area contributed by atoms with Crippen LogP contribution in [-0.2, 0) is 14.4 Å². The molecule has 1 saturated heterocycles. The van der Waals surface area contributed by atoms with Crippen molar-refractivity contribution in [2.75, 3.05) is 36.3 Å². The van der Waals surface area contributed by atoms with Crippen LogP contribution >= 0.6 is 0 Å². The fourth-order valence-corrected chi connectivity index (χ4v) is 3.65. The number of hydrogen-bond acceptors (Lipinski definition) is 6. The smallest absolute Gasteiger partial charge is 0.265 e. The van der Waals surface area contributed by atoms with Crippen LogP contribution in [-0.4, -0.2) is 44.6 Å². The lowest BCUT2D eigenvalue weighted by Crippen LogP contribution is -2.34. The third-order valence-electron chi connectivity index (χ3n) is 5.35. The third kappa shape index (κ3) is 3.98. The van der Waals surface area contributed by atoms with Gasteiger partial charge >= 0.3 is 0 Å². The Morgan fingerprint density at radius 1 is 1.16 bits per heavy atom. The minimum Gasteiger partial charge on any atom is -0.497 e. The number of ether oxygens (including phenoxy) is 3. The van der Waals surface area contributed by atoms with Crippen molar-refractivity contribution in [1.29, 1.82) is 0 Å². The molecule has 2 unspecified atom stereocenters. The first kappa shape index (κ1) is 20.5. The van der Waals surface area contributed by atoms with Crippen molar-refractivity contribution in [2.24, 2.45) is 5.92 Å². The normalized spacial score (nSPS) is 19.9. The summed E-state index contributed by atoms with van der Waals surface area (Å²) in [5.41, 5.74) is 1.56. The van der Waals surface area contributed by atoms with Crippen LogP contribution in [0, 0.1) is 5.92 Å². The summed E-state index contributed by atoms with van der Waals surface area (Å²) in [6, 6.07) is 10.2. The number of anilines is 3. The van der Waals surface area contributed by atoms with Gasteiger partial charge in [0.1, 0.15) is 17.2 Å². The third-order valence-corrected chi connectivity index (χ3v) is 5.35. The fraction of sp³-hybridized carbons (Fsp3) is 0.318. The minimum atomic E-state index is -0.572. The molecule has 0 aromatic heterocycles. The van der Waals surface area contributed by atoms with E-state index in [4.69, 9.17) is 14.2 Å². The van der Waals surface area contributed by atoms with Crippen molar-refractivity contribution in [1.82, 2.24) is 0 Å². The quantitative estimate of drug-likeness (QED) is 0.762. The number of nitrogens with one attached hydrogen (secondary N) is 2. The maximum absolute atomic E-state index is 12.8. The molecule has 162 valence electrons. The number of methoxy groups -OCH3 is 2. The summed E-state index contributed by atoms with van der Waals surface area (Å²) < 4.78 is 16.1. The fourth-order valence-electron chi connectivity index (χ4n) is 3.65. The van der Waals surface area contributed by atoms with E-state index in [1.807, 2.05) is 0 Å². The van der Waals surface area contributed by atoms with E-state index in [9.17, 15) is 14.4 Å². The largest absolute Gasteiger partial charge is 0.497 e. The van der Waals surface area contributed by atoms with Gasteiger partial charge in [-0.2, -0.15) is 0 Å². The highest BCUT2D eigenvalue weighted by Gasteiger charge is 2.36. The van der Waals surface area contributed by atoms with Crippen LogP contribution in [0.15, 0.2) is 36.4 Å². The zero-order chi connectivity index (χ0) is 22.1. The van der Waals surface area contributed by atoms with Gasteiger partial charge in [-0.05, 0) is 37.3 Å². The van der Waals surface area contributed by atoms with Crippen molar-refractivity contribution in [2.45, 2.75) is 19.4 Å². The average molecular weight is 425 g/mol. The van der Waals surface area contributed by atoms with E-state index in [1.54, 1.807) is 50.4 Å². The molecule has 0 bridgehead atoms. The molecule has 4 rings (SSSR count). The number of amides is 3. The number of nitrogens with zero attached hydrogens (tertiary/aromatic N) is 1. The predicted molar refractivity (Wildman–Crippen MR) is 114 cm³/mol. The van der Waals surface area contributed by atoms with Gasteiger partial charge in [0, 0.05) is 24.7 Å². The molecule has 1 fully saturated rings. The molecule has 0 aliphatic carbocycles. The number of carbonyl (C=O) groups excluding carboxylic acids is 3. The van der Waals surface area contributed by atoms with Crippen molar-refractivity contribution in [3.05, 3.63) is 36.4 Å². The van der Waals surface area contributed by atoms with E-state index in [-0.39, 0.29) is 30.7 Å². The van der Waals surface area contributed by atoms with E-state index >= 15 is 0 Å². The second kappa shape index (κ2) is 8.17. The lowest BCUT2D eigenvalue weighted by Gasteiger charge is -2.24. The number of fused-ring (bicyclic) bond motifs is 1. The van der Waals surface area contributed by atoms with Crippen LogP contribution in [0.2, 0.25) is 0 Å². The van der Waals surface area contributed by atoms with Gasteiger partial charge in [0.2, 0.25) is 11.8 Å². The average Bonchev–Trinajstić information content (AvgIpc) is 3.16. The zero-order valence-corrected chi connectivity index (χ0v) is 17.4. The van der Waals surface area contributed by atoms with Gasteiger partial charge in [-0.3, -0.25) is 14.4 Å². The second-order valence-corrected chi connectivity index (χ2v) is 7.39. The summed E-state index contributed by atoms with van der Waals surface area (Å²) in [6.45, 7) is 1.88. The van der Waals surface area contributed by atoms with Crippen molar-refractivity contribution >= 4 is 34.8 Å². The summed E-state index contributed by atoms with van der Waals surface area (Å²) in [5, 5.41) is 5.57. The van der Waals surface area contributed by atoms with Crippen LogP contribution < -0.4 is 29.7 Å². The molecule has 2 aliphatic rings. The summed E-state index contributed by atoms with van der Waals surface area (Å²) in [4.78, 5) is 38.8. The van der Waals surface area contributed by atoms with Gasteiger partial charge < -0.3 is 29.7 Å². The highest BCUT2D eigenvalue weighted by Crippen LogP contribution is 2.37. The van der Waals surface area contributed by atoms with Gasteiger partial charge in [-0.15, -0.1) is 0 Å². The maximum atomic E-state index is 12.8. The van der Waals surface area contributed by atoms with Crippen molar-refractivity contribution < 1.29 is 28.6 Å². The minimum absolute atomic E-state index is 0.0779. The molecule has 0 radical (unpaired) electrons. The number of hydrogen-bond donors (Lipinski definition) is 2. The Labute approximate surface area is 179 Å². The molecule has 2 atom stereocenters. The van der Waals surface area contributed by atoms with E-state index in [1.165, 1.54) is 12.0 Å². The van der Waals surface area contributed by atoms with Crippen molar-refractivity contribution in [3.63, 3.8) is 0 Å². The Bertz CT molecular complexity index is 1050. The van der Waals surface area contributed by atoms with E-state index in [2.05, 4.69) is 10.6 Å². The van der Waals surface area contributed by atoms with Crippen LogP contribution in [0.4, 0.5) is 17.1 Å². The first-order chi connectivity index (χ1) is 14.9. The molecule has 9 heteroatoms. The highest BCUT2D eigenvalue weighted by molar-refractivity contribution is 6.05. The lowest BCUT2D eigenvalue weighted by atomic mass is 10.1. The van der Waals surface area contributed by atoms with Crippen LogP contribution in [0.3, 0.4) is 0 Å². The molecular formula is C22H23N3O6. The Balaban J connectivity index is 1.48. The first-order valence-corrected chi connectivity index (χ1v) is 9.84. The Kier molecular flexibility index (Phi) is 5.41. The number of carbonyl (C=O) groups is 3. The SMILES string of the molecule is COc1ccc(OC)c(N2CC(C(=O)Nc3ccc4c(c3)NC(=O)C(C)O4)CC2=O)c1. The van der Waals surface area contributed by atoms with Crippen LogP contribution in [0.5, 0.6) is 17.2 Å². The van der Waals surface area contributed by atoms with Crippen LogP contribution in [0.1, 0.15) is 13.3 Å². The monoisotopic (exact) mass is 425 g/mol. The maximum Gasteiger partial charge on any atom is 0.265 e. The van der Waals surface area contributed by atoms with Gasteiger partial charge in [0.05, 0.1) is 31.5 Å². The van der Waals surface area contributed by atoms with E-state index < -0.39 is 12.0 Å². The van der Waals surface area contributed by atoms with E-state index in [0.717, 1.165) is 0 Å². The molecule has 2 aromatic rings. The molecule has 2 N–H and O–H groups in total. The standard InChI is InChI=1S/C22H23N3O6/c1-12-21(27)24-16-9-14(4-6-18(16)31-12)23-22(28)13-8-20(26)25(11-13)17-10-15(29-2)5-7-19(17)30-3/h4-7,9-10,12-13H,8,11H2,1-3H3,(H,23,28)(H,24,27). The highest BCUT2D eigenvalue weighted by atomic mass is 16.5. The number of benzene rings is 2. The molecule has 9 nitrogen and oxygen atoms in total. The molecule has 2 aliphatic heterocycles. The Hall–Kier alpha value is -3.75. The molecule has 31 heavy (non-hydrogen) atoms. The lowest BCUT2D eigenvalue weighted by molar-refractivity contribution is -0.122. The first-order valence-electron chi connectivity index (χ1n) is 9.84. The molecule has 3 amide bonds. The summed E-state index contributed by atoms with van der Waals surface area (Å²) in [7, 11) is 3.07. The predicted octanol–water partition coefficient (Wildman–Crippen LogP) is 2.41. The Morgan fingerprint density at radius 3 is 2.71 bits per heavy atom. The zero-order valence-electron chi connectivity index (χ0n) is 17.4. The molecule has 2 aromatic carbocycles. The summed E-state index contributed by atoms with van der Waals surface area (Å²) >= 11 is 0. The van der Waals surface area contributed by atoms with Gasteiger partial charge in [0.25, 0.3) is 5.91 Å². The molecule has 2 heterocycles. The summed E-state index contributed by atoms with van der Waals surface area (Å²) in [6.07, 6.45) is -0.494. The van der Waals surface area contributed by atoms with Gasteiger partial charge in [0.15, 0.2) is 6.10 Å². The second-order valence-electron chi connectivity index (χ2n) is 7.39. The van der Waals surface area contributed by atoms with Crippen molar-refractivity contribution in [3.8, 4) is 17.2 Å². The molecule has 0 spiro atoms. The van der Waals surface area contributed by atoms with Gasteiger partial charge in [-0.1, -0.05) is 0 Å². The molecule has 0 saturated carbocycles. The molecular weight excluding hydrogens is 402 g/mol. The Morgan fingerprint density at radius 2 is 1.97 bits per heavy atom. The number of rotatable bonds is 5. The van der Waals surface area contributed by atoms with Gasteiger partial charge in [-0.25, -0.2) is 0 Å². The van der Waals surface area contributed by atoms with E-state index in [0.29, 0.717) is 34.3 Å². The topological polar surface area (TPSA) is 106 Å².